The van der Waals surface area contributed by atoms with E-state index in [1.807, 2.05) is 19.1 Å². The number of hydrogen-bond acceptors (Lipinski definition) is 6. The molecule has 0 spiro atoms. The van der Waals surface area contributed by atoms with Crippen LogP contribution in [0.5, 0.6) is 11.5 Å². The van der Waals surface area contributed by atoms with Crippen LogP contribution in [0.3, 0.4) is 0 Å². The Kier molecular flexibility index (Phi) is 9.12. The third-order valence-corrected chi connectivity index (χ3v) is 5.21. The van der Waals surface area contributed by atoms with E-state index in [-0.39, 0.29) is 18.2 Å². The first-order valence-corrected chi connectivity index (χ1v) is 11.3. The summed E-state index contributed by atoms with van der Waals surface area (Å²) in [4.78, 5) is 36.1. The van der Waals surface area contributed by atoms with Crippen molar-refractivity contribution in [3.63, 3.8) is 0 Å². The molecule has 0 aliphatic rings. The topological polar surface area (TPSA) is 118 Å². The molecule has 9 nitrogen and oxygen atoms in total. The Bertz CT molecular complexity index is 1280. The van der Waals surface area contributed by atoms with Crippen LogP contribution < -0.4 is 25.5 Å². The van der Waals surface area contributed by atoms with Gasteiger partial charge >= 0.3 is 11.8 Å². The number of carbonyl (C=O) groups excluding carboxylic acids is 3. The van der Waals surface area contributed by atoms with E-state index in [9.17, 15) is 18.8 Å². The van der Waals surface area contributed by atoms with Crippen molar-refractivity contribution in [1.82, 2.24) is 5.43 Å². The molecule has 0 radical (unpaired) electrons. The summed E-state index contributed by atoms with van der Waals surface area (Å²) in [5.74, 6) is -2.18. The Morgan fingerprint density at radius 2 is 1.61 bits per heavy atom. The van der Waals surface area contributed by atoms with E-state index in [0.29, 0.717) is 27.2 Å². The Morgan fingerprint density at radius 1 is 0.972 bits per heavy atom. The van der Waals surface area contributed by atoms with Crippen molar-refractivity contribution in [3.05, 3.63) is 82.1 Å². The zero-order valence-corrected chi connectivity index (χ0v) is 20.9. The lowest BCUT2D eigenvalue weighted by atomic mass is 10.2. The van der Waals surface area contributed by atoms with Gasteiger partial charge in [-0.3, -0.25) is 14.4 Å². The first-order chi connectivity index (χ1) is 17.2. The van der Waals surface area contributed by atoms with Crippen LogP contribution in [-0.4, -0.2) is 37.7 Å². The minimum absolute atomic E-state index is 0.254. The van der Waals surface area contributed by atoms with Gasteiger partial charge in [0.1, 0.15) is 5.82 Å². The van der Waals surface area contributed by atoms with Gasteiger partial charge in [0.05, 0.1) is 17.8 Å². The second kappa shape index (κ2) is 12.5. The first-order valence-electron chi connectivity index (χ1n) is 10.5. The van der Waals surface area contributed by atoms with Gasteiger partial charge in [-0.15, -0.1) is 0 Å². The first kappa shape index (κ1) is 26.4. The fraction of sp³-hybridized carbons (Fsp3) is 0.120. The summed E-state index contributed by atoms with van der Waals surface area (Å²) in [5, 5.41) is 8.83. The molecule has 186 valence electrons. The third kappa shape index (κ3) is 7.64. The molecular formula is C25H22BrFN4O5. The normalized spacial score (nSPS) is 10.6. The number of methoxy groups -OCH3 is 1. The average molecular weight is 557 g/mol. The molecule has 0 saturated carbocycles. The number of aryl methyl sites for hydroxylation is 1. The summed E-state index contributed by atoms with van der Waals surface area (Å²) < 4.78 is 24.4. The summed E-state index contributed by atoms with van der Waals surface area (Å²) in [6, 6.07) is 15.5. The van der Waals surface area contributed by atoms with E-state index in [2.05, 4.69) is 37.1 Å². The van der Waals surface area contributed by atoms with Crippen molar-refractivity contribution >= 4 is 51.2 Å². The standard InChI is InChI=1S/C25H22BrFN4O5/c1-15-3-7-18(8-4-15)29-22(32)14-36-23-20(26)11-16(12-21(23)35-2)13-28-31-25(34)24(33)30-19-9-5-17(27)6-10-19/h3-13H,14H2,1-2H3,(H,29,32)(H,30,33)(H,31,34)/b28-13-. The second-order valence-electron chi connectivity index (χ2n) is 7.40. The highest BCUT2D eigenvalue weighted by molar-refractivity contribution is 9.10. The monoisotopic (exact) mass is 556 g/mol. The van der Waals surface area contributed by atoms with Gasteiger partial charge in [0.25, 0.3) is 5.91 Å². The van der Waals surface area contributed by atoms with Crippen LogP contribution in [-0.2, 0) is 14.4 Å². The van der Waals surface area contributed by atoms with E-state index in [0.717, 1.165) is 17.7 Å². The van der Waals surface area contributed by atoms with E-state index >= 15 is 0 Å². The molecule has 3 aromatic carbocycles. The highest BCUT2D eigenvalue weighted by Crippen LogP contribution is 2.36. The van der Waals surface area contributed by atoms with E-state index in [4.69, 9.17) is 9.47 Å². The van der Waals surface area contributed by atoms with Gasteiger partial charge < -0.3 is 20.1 Å². The molecule has 0 bridgehead atoms. The van der Waals surface area contributed by atoms with E-state index in [1.54, 1.807) is 24.3 Å². The van der Waals surface area contributed by atoms with E-state index < -0.39 is 17.6 Å². The van der Waals surface area contributed by atoms with Gasteiger partial charge in [-0.25, -0.2) is 9.82 Å². The summed E-state index contributed by atoms with van der Waals surface area (Å²) in [6.07, 6.45) is 1.30. The maximum absolute atomic E-state index is 12.9. The van der Waals surface area contributed by atoms with Gasteiger partial charge in [0.2, 0.25) is 0 Å². The number of halogens is 2. The Balaban J connectivity index is 1.57. The molecule has 3 N–H and O–H groups in total. The molecule has 0 unspecified atom stereocenters. The van der Waals surface area contributed by atoms with Crippen molar-refractivity contribution in [2.45, 2.75) is 6.92 Å². The number of nitrogens with one attached hydrogen (secondary N) is 3. The van der Waals surface area contributed by atoms with Crippen LogP contribution in [0.1, 0.15) is 11.1 Å². The van der Waals surface area contributed by atoms with Gasteiger partial charge in [-0.05, 0) is 76.9 Å². The molecule has 3 rings (SSSR count). The summed E-state index contributed by atoms with van der Waals surface area (Å²) in [7, 11) is 1.43. The lowest BCUT2D eigenvalue weighted by molar-refractivity contribution is -0.136. The van der Waals surface area contributed by atoms with Gasteiger partial charge in [0, 0.05) is 11.4 Å². The largest absolute Gasteiger partial charge is 0.493 e. The number of hydrazone groups is 1. The molecule has 0 heterocycles. The lowest BCUT2D eigenvalue weighted by Crippen LogP contribution is -2.32. The number of benzene rings is 3. The van der Waals surface area contributed by atoms with Crippen molar-refractivity contribution in [3.8, 4) is 11.5 Å². The molecule has 0 saturated heterocycles. The van der Waals surface area contributed by atoms with E-state index in [1.165, 1.54) is 25.5 Å². The number of carbonyl (C=O) groups is 3. The zero-order chi connectivity index (χ0) is 26.1. The molecule has 0 aliphatic carbocycles. The number of anilines is 2. The lowest BCUT2D eigenvalue weighted by Gasteiger charge is -2.13. The molecule has 11 heteroatoms. The summed E-state index contributed by atoms with van der Waals surface area (Å²) >= 11 is 3.37. The maximum atomic E-state index is 12.9. The van der Waals surface area contributed by atoms with Crippen molar-refractivity contribution in [2.24, 2.45) is 5.10 Å². The van der Waals surface area contributed by atoms with Crippen LogP contribution in [0.4, 0.5) is 15.8 Å². The van der Waals surface area contributed by atoms with Crippen LogP contribution >= 0.6 is 15.9 Å². The number of ether oxygens (including phenoxy) is 2. The predicted molar refractivity (Wildman–Crippen MR) is 137 cm³/mol. The molecule has 0 aromatic heterocycles. The van der Waals surface area contributed by atoms with Crippen LogP contribution in [0.2, 0.25) is 0 Å². The Morgan fingerprint density at radius 3 is 2.28 bits per heavy atom. The van der Waals surface area contributed by atoms with Gasteiger partial charge in [0.15, 0.2) is 18.1 Å². The minimum Gasteiger partial charge on any atom is -0.493 e. The molecular weight excluding hydrogens is 535 g/mol. The Hall–Kier alpha value is -4.25. The number of rotatable bonds is 8. The van der Waals surface area contributed by atoms with Crippen molar-refractivity contribution in [2.75, 3.05) is 24.4 Å². The molecule has 36 heavy (non-hydrogen) atoms. The summed E-state index contributed by atoms with van der Waals surface area (Å²) in [5.41, 5.74) is 4.61. The quantitative estimate of drug-likeness (QED) is 0.220. The van der Waals surface area contributed by atoms with Crippen LogP contribution in [0.15, 0.2) is 70.2 Å². The molecule has 0 fully saturated rings. The van der Waals surface area contributed by atoms with Crippen molar-refractivity contribution in [1.29, 1.82) is 0 Å². The number of hydrogen-bond donors (Lipinski definition) is 3. The molecule has 3 amide bonds. The average Bonchev–Trinajstić information content (AvgIpc) is 2.85. The predicted octanol–water partition coefficient (Wildman–Crippen LogP) is 4.01. The zero-order valence-electron chi connectivity index (χ0n) is 19.3. The number of nitrogens with zero attached hydrogens (tertiary/aromatic N) is 1. The molecule has 0 atom stereocenters. The third-order valence-electron chi connectivity index (χ3n) is 4.62. The van der Waals surface area contributed by atoms with Crippen LogP contribution in [0.25, 0.3) is 0 Å². The van der Waals surface area contributed by atoms with Crippen LogP contribution in [0, 0.1) is 12.7 Å². The minimum atomic E-state index is -1.01. The maximum Gasteiger partial charge on any atom is 0.329 e. The van der Waals surface area contributed by atoms with Gasteiger partial charge in [-0.2, -0.15) is 5.10 Å². The molecule has 0 aliphatic heterocycles. The summed E-state index contributed by atoms with van der Waals surface area (Å²) in [6.45, 7) is 1.70. The second-order valence-corrected chi connectivity index (χ2v) is 8.25. The van der Waals surface area contributed by atoms with Crippen molar-refractivity contribution < 1.29 is 28.2 Å². The number of amides is 3. The smallest absolute Gasteiger partial charge is 0.329 e. The van der Waals surface area contributed by atoms with Gasteiger partial charge in [-0.1, -0.05) is 17.7 Å². The fourth-order valence-electron chi connectivity index (χ4n) is 2.86. The highest BCUT2D eigenvalue weighted by Gasteiger charge is 2.15. The molecule has 3 aromatic rings. The SMILES string of the molecule is COc1cc(/C=N\NC(=O)C(=O)Nc2ccc(F)cc2)cc(Br)c1OCC(=O)Nc1ccc(C)cc1. The highest BCUT2D eigenvalue weighted by atomic mass is 79.9. The Labute approximate surface area is 214 Å². The fourth-order valence-corrected chi connectivity index (χ4v) is 3.44.